The summed E-state index contributed by atoms with van der Waals surface area (Å²) in [6, 6.07) is 1.25. The van der Waals surface area contributed by atoms with Crippen LogP contribution >= 0.6 is 0 Å². The average Bonchev–Trinajstić information content (AvgIpc) is 3.39. The number of benzene rings is 1. The van der Waals surface area contributed by atoms with Crippen molar-refractivity contribution in [3.05, 3.63) is 40.7 Å². The molecule has 2 amide bonds. The van der Waals surface area contributed by atoms with Crippen LogP contribution < -0.4 is 21.1 Å². The molecule has 0 radical (unpaired) electrons. The summed E-state index contributed by atoms with van der Waals surface area (Å²) in [4.78, 5) is 64.6. The summed E-state index contributed by atoms with van der Waals surface area (Å²) in [6.07, 6.45) is 0.547. The Kier molecular flexibility index (Phi) is 10.2. The zero-order chi connectivity index (χ0) is 35.0. The molecule has 7 N–H and O–H groups in total. The normalized spacial score (nSPS) is 26.9. The largest absolute Gasteiger partial charge is 0.481 e. The van der Waals surface area contributed by atoms with Crippen LogP contribution in [0.15, 0.2) is 24.0 Å². The van der Waals surface area contributed by atoms with E-state index in [4.69, 9.17) is 19.9 Å². The number of carbonyl (C=O) groups is 5. The topological polar surface area (TPSA) is 227 Å². The molecule has 7 atom stereocenters. The molecule has 1 aromatic carbocycles. The Morgan fingerprint density at radius 1 is 1.19 bits per heavy atom. The maximum atomic E-state index is 13.2. The van der Waals surface area contributed by atoms with Crippen LogP contribution in [0.4, 0.5) is 0 Å². The molecular formula is C33H44N4O11. The molecule has 5 rings (SSSR count). The maximum absolute atomic E-state index is 13.2. The molecule has 2 aliphatic heterocycles. The quantitative estimate of drug-likeness (QED) is 0.109. The van der Waals surface area contributed by atoms with Gasteiger partial charge in [-0.15, -0.1) is 0 Å². The SMILES string of the molecule is CC(=O)N[C@@H](CCCCN)C(=O)N[C@@H](C)C(=O)O[C@@H](CC(=O)OC1=CC[C@@]2(O)[C@H]3Cc4ccc(CO)c5c4[C@@]2(CCN3C)[C@H]1O5)C(=O)O. The first-order chi connectivity index (χ1) is 22.8. The standard InChI is InChI=1S/C33H44N4O11/c1-17(35-29(41)21(36-18(2)39)6-4-5-12-34)31(44)47-23(30(42)43)15-25(40)46-22-9-10-33(45)24-14-19-7-8-20(16-38)27-26(19)32(33,28(22)48-27)11-13-37(24)3/h7-9,17,21,23-24,28,38,45H,4-6,10-16,34H2,1-3H3,(H,35,41)(H,36,39)(H,42,43)/t17-,21-,23-,24+,28-,32-,33+/m0/s1. The molecular weight excluding hydrogens is 628 g/mol. The van der Waals surface area contributed by atoms with E-state index in [1.807, 2.05) is 13.1 Å². The van der Waals surface area contributed by atoms with Crippen LogP contribution in [0.25, 0.3) is 0 Å². The van der Waals surface area contributed by atoms with Crippen LogP contribution in [0.3, 0.4) is 0 Å². The fraction of sp³-hybridized carbons (Fsp3) is 0.606. The van der Waals surface area contributed by atoms with E-state index >= 15 is 0 Å². The third-order valence-electron chi connectivity index (χ3n) is 10.1. The second-order valence-corrected chi connectivity index (χ2v) is 13.1. The highest BCUT2D eigenvalue weighted by atomic mass is 16.6. The third-order valence-corrected chi connectivity index (χ3v) is 10.1. The van der Waals surface area contributed by atoms with E-state index in [1.54, 1.807) is 12.1 Å². The highest BCUT2D eigenvalue weighted by Gasteiger charge is 2.71. The minimum atomic E-state index is -1.93. The van der Waals surface area contributed by atoms with Gasteiger partial charge >= 0.3 is 17.9 Å². The fourth-order valence-corrected chi connectivity index (χ4v) is 7.76. The van der Waals surface area contributed by atoms with Gasteiger partial charge in [-0.2, -0.15) is 0 Å². The number of nitrogens with zero attached hydrogens (tertiary/aromatic N) is 1. The van der Waals surface area contributed by atoms with Crippen molar-refractivity contribution < 1.29 is 53.5 Å². The van der Waals surface area contributed by atoms with E-state index in [0.717, 1.165) is 11.1 Å². The second-order valence-electron chi connectivity index (χ2n) is 13.1. The van der Waals surface area contributed by atoms with Crippen LogP contribution in [0, 0.1) is 0 Å². The first kappa shape index (κ1) is 35.3. The van der Waals surface area contributed by atoms with Crippen molar-refractivity contribution >= 4 is 29.7 Å². The molecule has 1 saturated heterocycles. The lowest BCUT2D eigenvalue weighted by atomic mass is 9.50. The van der Waals surface area contributed by atoms with Crippen LogP contribution in [-0.2, 0) is 51.9 Å². The zero-order valence-corrected chi connectivity index (χ0v) is 27.3. The number of carbonyl (C=O) groups excluding carboxylic acids is 4. The van der Waals surface area contributed by atoms with Crippen molar-refractivity contribution in [1.29, 1.82) is 0 Å². The third kappa shape index (κ3) is 6.15. The Morgan fingerprint density at radius 3 is 2.60 bits per heavy atom. The zero-order valence-electron chi connectivity index (χ0n) is 27.3. The number of hydrogen-bond acceptors (Lipinski definition) is 12. The minimum absolute atomic E-state index is 0.107. The lowest BCUT2D eigenvalue weighted by molar-refractivity contribution is -0.174. The number of amides is 2. The lowest BCUT2D eigenvalue weighted by Crippen LogP contribution is -2.74. The number of rotatable bonds is 14. The van der Waals surface area contributed by atoms with Gasteiger partial charge in [0.2, 0.25) is 17.9 Å². The van der Waals surface area contributed by atoms with Crippen LogP contribution in [0.5, 0.6) is 5.75 Å². The Labute approximate surface area is 277 Å². The summed E-state index contributed by atoms with van der Waals surface area (Å²) < 4.78 is 17.2. The molecule has 2 aliphatic carbocycles. The molecule has 1 fully saturated rings. The number of nitrogens with one attached hydrogen (secondary N) is 2. The molecule has 262 valence electrons. The highest BCUT2D eigenvalue weighted by molar-refractivity contribution is 5.91. The van der Waals surface area contributed by atoms with Crippen LogP contribution in [-0.4, -0.2) is 106 Å². The number of hydrogen-bond donors (Lipinski definition) is 6. The van der Waals surface area contributed by atoms with Gasteiger partial charge in [-0.25, -0.2) is 9.59 Å². The molecule has 2 heterocycles. The fourth-order valence-electron chi connectivity index (χ4n) is 7.76. The molecule has 0 aromatic heterocycles. The number of carboxylic acids is 1. The molecule has 1 spiro atoms. The van der Waals surface area contributed by atoms with E-state index < -0.39 is 71.5 Å². The molecule has 0 saturated carbocycles. The number of piperidine rings is 1. The second kappa shape index (κ2) is 13.8. The van der Waals surface area contributed by atoms with E-state index in [9.17, 15) is 39.3 Å². The van der Waals surface area contributed by atoms with Gasteiger partial charge in [-0.05, 0) is 70.8 Å². The summed E-state index contributed by atoms with van der Waals surface area (Å²) in [5, 5.41) is 37.1. The van der Waals surface area contributed by atoms with Gasteiger partial charge in [0.25, 0.3) is 0 Å². The smallest absolute Gasteiger partial charge is 0.345 e. The van der Waals surface area contributed by atoms with E-state index in [0.29, 0.717) is 50.1 Å². The first-order valence-electron chi connectivity index (χ1n) is 16.2. The number of unbranched alkanes of at least 4 members (excludes halogenated alkanes) is 1. The Morgan fingerprint density at radius 2 is 1.94 bits per heavy atom. The van der Waals surface area contributed by atoms with Gasteiger partial charge in [0.1, 0.15) is 23.6 Å². The number of esters is 2. The van der Waals surface area contributed by atoms with Crippen molar-refractivity contribution in [3.63, 3.8) is 0 Å². The Bertz CT molecular complexity index is 1510. The van der Waals surface area contributed by atoms with E-state index in [2.05, 4.69) is 15.5 Å². The predicted octanol–water partition coefficient (Wildman–Crippen LogP) is -0.475. The summed E-state index contributed by atoms with van der Waals surface area (Å²) in [5.74, 6) is -4.26. The molecule has 2 bridgehead atoms. The molecule has 4 aliphatic rings. The molecule has 15 nitrogen and oxygen atoms in total. The van der Waals surface area contributed by atoms with Crippen LogP contribution in [0.2, 0.25) is 0 Å². The van der Waals surface area contributed by atoms with Gasteiger partial charge < -0.3 is 50.8 Å². The van der Waals surface area contributed by atoms with Gasteiger partial charge in [0, 0.05) is 30.5 Å². The lowest BCUT2D eigenvalue weighted by Gasteiger charge is -2.61. The molecule has 15 heteroatoms. The number of likely N-dealkylation sites (N-methyl/N-ethyl adjacent to an activating group) is 1. The molecule has 0 unspecified atom stereocenters. The summed E-state index contributed by atoms with van der Waals surface area (Å²) in [6.45, 7) is 3.29. The Balaban J connectivity index is 1.28. The highest BCUT2D eigenvalue weighted by Crippen LogP contribution is 2.64. The average molecular weight is 673 g/mol. The first-order valence-corrected chi connectivity index (χ1v) is 16.2. The number of aliphatic hydroxyl groups excluding tert-OH is 1. The number of nitrogens with two attached hydrogens (primary N) is 1. The van der Waals surface area contributed by atoms with Gasteiger partial charge in [0.05, 0.1) is 24.0 Å². The number of aliphatic carboxylic acids is 1. The predicted molar refractivity (Wildman–Crippen MR) is 167 cm³/mol. The Hall–Kier alpha value is -4.05. The monoisotopic (exact) mass is 672 g/mol. The molecule has 1 aromatic rings. The summed E-state index contributed by atoms with van der Waals surface area (Å²) >= 11 is 0. The van der Waals surface area contributed by atoms with Gasteiger partial charge in [-0.3, -0.25) is 14.4 Å². The van der Waals surface area contributed by atoms with Crippen LogP contribution in [0.1, 0.15) is 69.1 Å². The minimum Gasteiger partial charge on any atom is -0.481 e. The van der Waals surface area contributed by atoms with E-state index in [-0.39, 0.29) is 31.2 Å². The van der Waals surface area contributed by atoms with Crippen molar-refractivity contribution in [2.75, 3.05) is 20.1 Å². The van der Waals surface area contributed by atoms with Crippen molar-refractivity contribution in [2.45, 2.75) is 107 Å². The van der Waals surface area contributed by atoms with Gasteiger partial charge in [-0.1, -0.05) is 12.1 Å². The number of aliphatic hydroxyl groups is 2. The molecule has 48 heavy (non-hydrogen) atoms. The summed E-state index contributed by atoms with van der Waals surface area (Å²) in [7, 11) is 1.96. The van der Waals surface area contributed by atoms with Gasteiger partial charge in [0.15, 0.2) is 6.10 Å². The van der Waals surface area contributed by atoms with Crippen molar-refractivity contribution in [1.82, 2.24) is 15.5 Å². The van der Waals surface area contributed by atoms with Crippen molar-refractivity contribution in [2.24, 2.45) is 5.73 Å². The van der Waals surface area contributed by atoms with E-state index in [1.165, 1.54) is 13.8 Å². The number of likely N-dealkylation sites (tertiary alicyclic amines) is 1. The maximum Gasteiger partial charge on any atom is 0.345 e. The number of carboxylic acid groups (broad SMARTS) is 1. The summed E-state index contributed by atoms with van der Waals surface area (Å²) in [5.41, 5.74) is 5.62. The number of ether oxygens (including phenoxy) is 3. The van der Waals surface area contributed by atoms with Crippen molar-refractivity contribution in [3.8, 4) is 5.75 Å².